The summed E-state index contributed by atoms with van der Waals surface area (Å²) in [4.78, 5) is 6.32. The normalized spacial score (nSPS) is 10.9. The molecule has 0 saturated carbocycles. The van der Waals surface area contributed by atoms with Crippen LogP contribution in [0.1, 0.15) is 51.0 Å². The average molecular weight is 363 g/mol. The van der Waals surface area contributed by atoms with Crippen LogP contribution < -0.4 is 4.90 Å². The number of nitrogens with zero attached hydrogens (tertiary/aromatic N) is 4. The number of benzene rings is 2. The van der Waals surface area contributed by atoms with Crippen molar-refractivity contribution in [3.8, 4) is 0 Å². The third-order valence-electron chi connectivity index (χ3n) is 4.89. The van der Waals surface area contributed by atoms with Crippen LogP contribution in [0.2, 0.25) is 0 Å². The lowest BCUT2D eigenvalue weighted by atomic mass is 10.0. The van der Waals surface area contributed by atoms with Crippen molar-refractivity contribution in [3.05, 3.63) is 72.8 Å². The molecule has 3 aromatic rings. The molecule has 0 aliphatic heterocycles. The first kappa shape index (κ1) is 19.2. The maximum absolute atomic E-state index is 4.26. The second-order valence-corrected chi connectivity index (χ2v) is 7.02. The quantitative estimate of drug-likeness (QED) is 0.394. The molecule has 0 amide bonds. The molecule has 0 saturated heterocycles. The summed E-state index contributed by atoms with van der Waals surface area (Å²) >= 11 is 0. The second-order valence-electron chi connectivity index (χ2n) is 7.02. The first-order chi connectivity index (χ1) is 13.4. The van der Waals surface area contributed by atoms with Gasteiger partial charge in [-0.1, -0.05) is 69.4 Å². The van der Waals surface area contributed by atoms with E-state index in [4.69, 9.17) is 0 Å². The van der Waals surface area contributed by atoms with Crippen LogP contribution in [-0.2, 0) is 13.1 Å². The molecule has 0 aliphatic rings. The molecule has 4 heteroatoms. The Balaban J connectivity index is 1.63. The minimum Gasteiger partial charge on any atom is -0.321 e. The fourth-order valence-electron chi connectivity index (χ4n) is 3.32. The lowest BCUT2D eigenvalue weighted by Crippen LogP contribution is -2.21. The monoisotopic (exact) mass is 362 g/mol. The Kier molecular flexibility index (Phi) is 7.45. The van der Waals surface area contributed by atoms with E-state index in [0.29, 0.717) is 6.67 Å². The van der Waals surface area contributed by atoms with Gasteiger partial charge in [-0.05, 0) is 42.7 Å². The Morgan fingerprint density at radius 3 is 2.22 bits per heavy atom. The van der Waals surface area contributed by atoms with Crippen LogP contribution in [0.5, 0.6) is 0 Å². The Labute approximate surface area is 162 Å². The molecular weight excluding hydrogens is 332 g/mol. The van der Waals surface area contributed by atoms with E-state index in [2.05, 4.69) is 70.4 Å². The highest BCUT2D eigenvalue weighted by Crippen LogP contribution is 2.26. The first-order valence-corrected chi connectivity index (χ1v) is 10.1. The molecule has 0 radical (unpaired) electrons. The smallest absolute Gasteiger partial charge is 0.137 e. The van der Waals surface area contributed by atoms with Gasteiger partial charge >= 0.3 is 0 Å². The van der Waals surface area contributed by atoms with Crippen molar-refractivity contribution in [2.24, 2.45) is 0 Å². The lowest BCUT2D eigenvalue weighted by molar-refractivity contribution is 0.607. The Hall–Kier alpha value is -2.62. The molecule has 0 aliphatic carbocycles. The molecule has 4 nitrogen and oxygen atoms in total. The zero-order valence-electron chi connectivity index (χ0n) is 16.3. The van der Waals surface area contributed by atoms with E-state index in [-0.39, 0.29) is 0 Å². The van der Waals surface area contributed by atoms with Crippen LogP contribution in [0.3, 0.4) is 0 Å². The number of hydrogen-bond donors (Lipinski definition) is 0. The molecule has 0 atom stereocenters. The average Bonchev–Trinajstić information content (AvgIpc) is 3.23. The number of aromatic nitrogens is 3. The molecule has 0 spiro atoms. The van der Waals surface area contributed by atoms with Crippen molar-refractivity contribution in [3.63, 3.8) is 0 Å². The van der Waals surface area contributed by atoms with E-state index in [0.717, 1.165) is 5.69 Å². The minimum absolute atomic E-state index is 0.640. The van der Waals surface area contributed by atoms with Gasteiger partial charge in [-0.2, -0.15) is 5.10 Å². The van der Waals surface area contributed by atoms with E-state index in [9.17, 15) is 0 Å². The zero-order valence-corrected chi connectivity index (χ0v) is 16.3. The van der Waals surface area contributed by atoms with E-state index < -0.39 is 0 Å². The van der Waals surface area contributed by atoms with Crippen LogP contribution in [0.15, 0.2) is 67.3 Å². The van der Waals surface area contributed by atoms with Crippen LogP contribution in [0.25, 0.3) is 0 Å². The van der Waals surface area contributed by atoms with Crippen molar-refractivity contribution in [2.45, 2.75) is 58.5 Å². The minimum atomic E-state index is 0.640. The maximum atomic E-state index is 4.26. The molecule has 3 rings (SSSR count). The van der Waals surface area contributed by atoms with Gasteiger partial charge in [0, 0.05) is 11.4 Å². The molecule has 2 aromatic carbocycles. The summed E-state index contributed by atoms with van der Waals surface area (Å²) in [5.41, 5.74) is 3.74. The molecule has 0 unspecified atom stereocenters. The van der Waals surface area contributed by atoms with Crippen molar-refractivity contribution in [1.29, 1.82) is 0 Å². The zero-order chi connectivity index (χ0) is 18.7. The Bertz CT molecular complexity index is 751. The fourth-order valence-corrected chi connectivity index (χ4v) is 3.32. The summed E-state index contributed by atoms with van der Waals surface area (Å²) in [6, 6.07) is 19.4. The Morgan fingerprint density at radius 1 is 0.815 bits per heavy atom. The fraction of sp³-hybridized carbons (Fsp3) is 0.391. The van der Waals surface area contributed by atoms with Gasteiger partial charge in [-0.15, -0.1) is 0 Å². The van der Waals surface area contributed by atoms with E-state index >= 15 is 0 Å². The van der Waals surface area contributed by atoms with Gasteiger partial charge < -0.3 is 4.90 Å². The maximum Gasteiger partial charge on any atom is 0.137 e. The van der Waals surface area contributed by atoms with Crippen LogP contribution in [-0.4, -0.2) is 14.8 Å². The van der Waals surface area contributed by atoms with Gasteiger partial charge in [0.2, 0.25) is 0 Å². The topological polar surface area (TPSA) is 34.0 Å². The van der Waals surface area contributed by atoms with Crippen molar-refractivity contribution < 1.29 is 0 Å². The predicted octanol–water partition coefficient (Wildman–Crippen LogP) is 5.98. The second kappa shape index (κ2) is 10.5. The molecule has 27 heavy (non-hydrogen) atoms. The van der Waals surface area contributed by atoms with E-state index in [1.807, 2.05) is 10.7 Å². The Morgan fingerprint density at radius 2 is 1.52 bits per heavy atom. The van der Waals surface area contributed by atoms with Gasteiger partial charge in [0.1, 0.15) is 19.3 Å². The number of aryl methyl sites for hydroxylation is 1. The summed E-state index contributed by atoms with van der Waals surface area (Å²) in [7, 11) is 0. The van der Waals surface area contributed by atoms with Gasteiger partial charge in [-0.3, -0.25) is 0 Å². The SMILES string of the molecule is CCCCCCCCc1ccc(N(Cn2cncn2)c2ccccc2)cc1. The number of para-hydroxylation sites is 1. The summed E-state index contributed by atoms with van der Waals surface area (Å²) in [5, 5.41) is 4.26. The molecule has 0 bridgehead atoms. The number of anilines is 2. The number of unbranched alkanes of at least 4 members (excludes halogenated alkanes) is 5. The van der Waals surface area contributed by atoms with Gasteiger partial charge in [-0.25, -0.2) is 9.67 Å². The number of hydrogen-bond acceptors (Lipinski definition) is 3. The van der Waals surface area contributed by atoms with Gasteiger partial charge in [0.15, 0.2) is 0 Å². The molecular formula is C23H30N4. The standard InChI is InChI=1S/C23H30N4/c1-2-3-4-5-6-8-11-21-14-16-23(17-15-21)27(20-26-19-24-18-25-26)22-12-9-7-10-13-22/h7,9-10,12-19H,2-6,8,11,20H2,1H3. The molecule has 1 heterocycles. The van der Waals surface area contributed by atoms with Gasteiger partial charge in [0.25, 0.3) is 0 Å². The third-order valence-corrected chi connectivity index (χ3v) is 4.89. The molecule has 142 valence electrons. The predicted molar refractivity (Wildman–Crippen MR) is 112 cm³/mol. The van der Waals surface area contributed by atoms with Crippen molar-refractivity contribution >= 4 is 11.4 Å². The van der Waals surface area contributed by atoms with Crippen molar-refractivity contribution in [2.75, 3.05) is 4.90 Å². The first-order valence-electron chi connectivity index (χ1n) is 10.1. The summed E-state index contributed by atoms with van der Waals surface area (Å²) in [5.74, 6) is 0. The molecule has 0 fully saturated rings. The highest BCUT2D eigenvalue weighted by Gasteiger charge is 2.10. The van der Waals surface area contributed by atoms with E-state index in [1.165, 1.54) is 56.2 Å². The van der Waals surface area contributed by atoms with Crippen LogP contribution in [0.4, 0.5) is 11.4 Å². The summed E-state index contributed by atoms with van der Waals surface area (Å²) in [6.45, 7) is 2.91. The van der Waals surface area contributed by atoms with E-state index in [1.54, 1.807) is 12.7 Å². The van der Waals surface area contributed by atoms with Crippen LogP contribution in [0, 0.1) is 0 Å². The lowest BCUT2D eigenvalue weighted by Gasteiger charge is -2.25. The van der Waals surface area contributed by atoms with Gasteiger partial charge in [0.05, 0.1) is 0 Å². The largest absolute Gasteiger partial charge is 0.321 e. The highest BCUT2D eigenvalue weighted by atomic mass is 15.4. The van der Waals surface area contributed by atoms with Crippen LogP contribution >= 0.6 is 0 Å². The highest BCUT2D eigenvalue weighted by molar-refractivity contribution is 5.62. The molecule has 0 N–H and O–H groups in total. The summed E-state index contributed by atoms with van der Waals surface area (Å²) < 4.78 is 1.84. The van der Waals surface area contributed by atoms with Crippen molar-refractivity contribution in [1.82, 2.24) is 14.8 Å². The molecule has 1 aromatic heterocycles. The third kappa shape index (κ3) is 5.95. The summed E-state index contributed by atoms with van der Waals surface area (Å²) in [6.07, 6.45) is 12.5. The number of rotatable bonds is 11.